The summed E-state index contributed by atoms with van der Waals surface area (Å²) in [6.07, 6.45) is 4.82. The normalized spacial score (nSPS) is 15.2. The SMILES string of the molecule is CN(C[C@H]1COc2ccccc2O1)C(=O)c1ccc(-c2ccncc2)nc1. The summed E-state index contributed by atoms with van der Waals surface area (Å²) in [4.78, 5) is 22.7. The first-order chi connectivity index (χ1) is 13.2. The molecular weight excluding hydrogens is 342 g/mol. The van der Waals surface area contributed by atoms with Crippen molar-refractivity contribution in [1.29, 1.82) is 0 Å². The molecule has 4 rings (SSSR count). The van der Waals surface area contributed by atoms with Gasteiger partial charge in [-0.15, -0.1) is 0 Å². The summed E-state index contributed by atoms with van der Waals surface area (Å²) in [5.41, 5.74) is 2.30. The molecule has 136 valence electrons. The fourth-order valence-corrected chi connectivity index (χ4v) is 2.98. The van der Waals surface area contributed by atoms with Crippen molar-refractivity contribution in [2.75, 3.05) is 20.2 Å². The largest absolute Gasteiger partial charge is 0.486 e. The zero-order valence-electron chi connectivity index (χ0n) is 14.9. The molecule has 0 spiro atoms. The van der Waals surface area contributed by atoms with Crippen LogP contribution in [0.3, 0.4) is 0 Å². The summed E-state index contributed by atoms with van der Waals surface area (Å²) in [7, 11) is 1.75. The minimum absolute atomic E-state index is 0.105. The number of nitrogens with zero attached hydrogens (tertiary/aromatic N) is 3. The van der Waals surface area contributed by atoms with Gasteiger partial charge in [0.2, 0.25) is 0 Å². The second kappa shape index (κ2) is 7.45. The molecule has 1 aliphatic heterocycles. The van der Waals surface area contributed by atoms with Crippen molar-refractivity contribution in [3.05, 3.63) is 72.7 Å². The van der Waals surface area contributed by atoms with Crippen molar-refractivity contribution in [3.8, 4) is 22.8 Å². The van der Waals surface area contributed by atoms with Gasteiger partial charge in [0, 0.05) is 31.2 Å². The van der Waals surface area contributed by atoms with Gasteiger partial charge in [-0.3, -0.25) is 14.8 Å². The number of hydrogen-bond donors (Lipinski definition) is 0. The monoisotopic (exact) mass is 361 g/mol. The molecule has 6 heteroatoms. The number of para-hydroxylation sites is 2. The van der Waals surface area contributed by atoms with Gasteiger partial charge >= 0.3 is 0 Å². The molecule has 6 nitrogen and oxygen atoms in total. The quantitative estimate of drug-likeness (QED) is 0.715. The van der Waals surface area contributed by atoms with Crippen LogP contribution in [0.5, 0.6) is 11.5 Å². The van der Waals surface area contributed by atoms with Crippen LogP contribution in [-0.4, -0.2) is 47.1 Å². The fraction of sp³-hybridized carbons (Fsp3) is 0.190. The summed E-state index contributed by atoms with van der Waals surface area (Å²) in [6, 6.07) is 14.9. The highest BCUT2D eigenvalue weighted by atomic mass is 16.6. The van der Waals surface area contributed by atoms with Gasteiger partial charge in [-0.25, -0.2) is 0 Å². The molecule has 3 heterocycles. The Morgan fingerprint density at radius 3 is 2.63 bits per heavy atom. The molecule has 1 aliphatic rings. The number of aromatic nitrogens is 2. The van der Waals surface area contributed by atoms with Crippen LogP contribution in [0.15, 0.2) is 67.1 Å². The smallest absolute Gasteiger partial charge is 0.255 e. The summed E-state index contributed by atoms with van der Waals surface area (Å²) in [5, 5.41) is 0. The second-order valence-electron chi connectivity index (χ2n) is 6.35. The van der Waals surface area contributed by atoms with Gasteiger partial charge in [-0.2, -0.15) is 0 Å². The molecule has 1 aromatic carbocycles. The Morgan fingerprint density at radius 1 is 1.11 bits per heavy atom. The first-order valence-electron chi connectivity index (χ1n) is 8.71. The number of likely N-dealkylation sites (N-methyl/N-ethyl adjacent to an activating group) is 1. The third kappa shape index (κ3) is 3.74. The van der Waals surface area contributed by atoms with Gasteiger partial charge in [-0.05, 0) is 36.4 Å². The number of ether oxygens (including phenoxy) is 2. The van der Waals surface area contributed by atoms with Gasteiger partial charge in [0.25, 0.3) is 5.91 Å². The maximum absolute atomic E-state index is 12.7. The standard InChI is InChI=1S/C21H19N3O3/c1-24(13-17-14-26-19-4-2-3-5-20(19)27-17)21(25)16-6-7-18(23-12-16)15-8-10-22-11-9-15/h2-12,17H,13-14H2,1H3/t17-/m0/s1. The highest BCUT2D eigenvalue weighted by Gasteiger charge is 2.24. The Balaban J connectivity index is 1.41. The van der Waals surface area contributed by atoms with E-state index in [-0.39, 0.29) is 12.0 Å². The zero-order chi connectivity index (χ0) is 18.6. The number of rotatable bonds is 4. The maximum Gasteiger partial charge on any atom is 0.255 e. The van der Waals surface area contributed by atoms with Crippen molar-refractivity contribution in [2.24, 2.45) is 0 Å². The third-order valence-corrected chi connectivity index (χ3v) is 4.38. The van der Waals surface area contributed by atoms with Crippen LogP contribution in [-0.2, 0) is 0 Å². The van der Waals surface area contributed by atoms with E-state index in [0.717, 1.165) is 17.0 Å². The highest BCUT2D eigenvalue weighted by Crippen LogP contribution is 2.31. The van der Waals surface area contributed by atoms with E-state index in [2.05, 4.69) is 9.97 Å². The minimum Gasteiger partial charge on any atom is -0.486 e. The second-order valence-corrected chi connectivity index (χ2v) is 6.35. The van der Waals surface area contributed by atoms with Crippen molar-refractivity contribution in [1.82, 2.24) is 14.9 Å². The first-order valence-corrected chi connectivity index (χ1v) is 8.71. The van der Waals surface area contributed by atoms with Gasteiger partial charge in [0.15, 0.2) is 17.6 Å². The number of amides is 1. The van der Waals surface area contributed by atoms with E-state index in [0.29, 0.717) is 24.5 Å². The number of fused-ring (bicyclic) bond motifs is 1. The van der Waals surface area contributed by atoms with Crippen LogP contribution in [0.2, 0.25) is 0 Å². The van der Waals surface area contributed by atoms with E-state index >= 15 is 0 Å². The van der Waals surface area contributed by atoms with Crippen molar-refractivity contribution in [3.63, 3.8) is 0 Å². The van der Waals surface area contributed by atoms with Crippen LogP contribution < -0.4 is 9.47 Å². The molecule has 0 aliphatic carbocycles. The fourth-order valence-electron chi connectivity index (χ4n) is 2.98. The Morgan fingerprint density at radius 2 is 1.89 bits per heavy atom. The summed E-state index contributed by atoms with van der Waals surface area (Å²) >= 11 is 0. The van der Waals surface area contributed by atoms with Crippen LogP contribution in [0.25, 0.3) is 11.3 Å². The van der Waals surface area contributed by atoms with E-state index < -0.39 is 0 Å². The molecule has 1 atom stereocenters. The predicted octanol–water partition coefficient (Wildman–Crippen LogP) is 3.06. The molecule has 2 aromatic heterocycles. The van der Waals surface area contributed by atoms with E-state index in [9.17, 15) is 4.79 Å². The lowest BCUT2D eigenvalue weighted by atomic mass is 10.1. The Bertz CT molecular complexity index is 929. The Labute approximate surface area is 157 Å². The average Bonchev–Trinajstić information content (AvgIpc) is 2.74. The minimum atomic E-state index is -0.210. The van der Waals surface area contributed by atoms with E-state index in [1.165, 1.54) is 0 Å². The molecule has 0 saturated carbocycles. The first kappa shape index (κ1) is 17.0. The summed E-state index contributed by atoms with van der Waals surface area (Å²) in [6.45, 7) is 0.840. The van der Waals surface area contributed by atoms with E-state index in [1.54, 1.807) is 36.6 Å². The number of hydrogen-bond acceptors (Lipinski definition) is 5. The average molecular weight is 361 g/mol. The molecule has 27 heavy (non-hydrogen) atoms. The number of pyridine rings is 2. The van der Waals surface area contributed by atoms with Crippen LogP contribution in [0, 0.1) is 0 Å². The predicted molar refractivity (Wildman–Crippen MR) is 101 cm³/mol. The summed E-state index contributed by atoms with van der Waals surface area (Å²) in [5.74, 6) is 1.34. The van der Waals surface area contributed by atoms with E-state index in [1.807, 2.05) is 42.5 Å². The zero-order valence-corrected chi connectivity index (χ0v) is 14.9. The third-order valence-electron chi connectivity index (χ3n) is 4.38. The molecule has 3 aromatic rings. The molecule has 0 radical (unpaired) electrons. The molecular formula is C21H19N3O3. The van der Waals surface area contributed by atoms with Crippen LogP contribution in [0.1, 0.15) is 10.4 Å². The molecule has 0 unspecified atom stereocenters. The lowest BCUT2D eigenvalue weighted by Gasteiger charge is -2.29. The van der Waals surface area contributed by atoms with Gasteiger partial charge in [0.05, 0.1) is 17.8 Å². The number of carbonyl (C=O) groups excluding carboxylic acids is 1. The van der Waals surface area contributed by atoms with Crippen molar-refractivity contribution < 1.29 is 14.3 Å². The lowest BCUT2D eigenvalue weighted by molar-refractivity contribution is 0.0520. The Hall–Kier alpha value is -3.41. The van der Waals surface area contributed by atoms with Gasteiger partial charge < -0.3 is 14.4 Å². The molecule has 0 saturated heterocycles. The van der Waals surface area contributed by atoms with Crippen LogP contribution in [0.4, 0.5) is 0 Å². The topological polar surface area (TPSA) is 64.6 Å². The lowest BCUT2D eigenvalue weighted by Crippen LogP contribution is -2.41. The molecule has 0 bridgehead atoms. The Kier molecular flexibility index (Phi) is 4.70. The van der Waals surface area contributed by atoms with Gasteiger partial charge in [0.1, 0.15) is 6.61 Å². The number of benzene rings is 1. The van der Waals surface area contributed by atoms with Crippen molar-refractivity contribution >= 4 is 5.91 Å². The van der Waals surface area contributed by atoms with Crippen LogP contribution >= 0.6 is 0 Å². The van der Waals surface area contributed by atoms with E-state index in [4.69, 9.17) is 9.47 Å². The number of carbonyl (C=O) groups is 1. The molecule has 0 fully saturated rings. The summed E-state index contributed by atoms with van der Waals surface area (Å²) < 4.78 is 11.6. The molecule has 0 N–H and O–H groups in total. The molecule has 1 amide bonds. The van der Waals surface area contributed by atoms with Crippen molar-refractivity contribution in [2.45, 2.75) is 6.10 Å². The maximum atomic E-state index is 12.7. The van der Waals surface area contributed by atoms with Gasteiger partial charge in [-0.1, -0.05) is 12.1 Å². The highest BCUT2D eigenvalue weighted by molar-refractivity contribution is 5.94.